The molecule has 0 heterocycles. The number of carbonyl (C=O) groups is 2. The fourth-order valence-corrected chi connectivity index (χ4v) is 1.13. The maximum absolute atomic E-state index is 10.4. The lowest BCUT2D eigenvalue weighted by Gasteiger charge is -2.12. The summed E-state index contributed by atoms with van der Waals surface area (Å²) in [6.07, 6.45) is -0.531. The number of rotatable bonds is 4. The summed E-state index contributed by atoms with van der Waals surface area (Å²) in [5.41, 5.74) is 0. The first-order valence-electron chi connectivity index (χ1n) is 3.05. The molecule has 6 nitrogen and oxygen atoms in total. The van der Waals surface area contributed by atoms with E-state index in [1.54, 1.807) is 0 Å². The van der Waals surface area contributed by atoms with E-state index in [-0.39, 0.29) is 0 Å². The van der Waals surface area contributed by atoms with Crippen molar-refractivity contribution in [3.05, 3.63) is 0 Å². The quantitative estimate of drug-likeness (QED) is 0.501. The standard InChI is InChI=1S/C5H8NO5P/c1-3(7)6-4(5(8)9)2-12(10)11/h4H,2H2,1H3,(H2-,6,7,8,9,10,11)/t4-/m0/s1. The Morgan fingerprint density at radius 2 is 2.17 bits per heavy atom. The van der Waals surface area contributed by atoms with Crippen LogP contribution in [-0.4, -0.2) is 29.0 Å². The van der Waals surface area contributed by atoms with Crippen LogP contribution < -0.4 is 10.4 Å². The Labute approximate surface area is 69.5 Å². The summed E-state index contributed by atoms with van der Waals surface area (Å²) in [6, 6.07) is -1.39. The van der Waals surface area contributed by atoms with E-state index in [2.05, 4.69) is 0 Å². The van der Waals surface area contributed by atoms with Crippen LogP contribution in [0.2, 0.25) is 0 Å². The first-order valence-corrected chi connectivity index (χ1v) is 4.44. The summed E-state index contributed by atoms with van der Waals surface area (Å²) in [7, 11) is -2.59. The third kappa shape index (κ3) is 4.76. The van der Waals surface area contributed by atoms with Crippen LogP contribution >= 0.6 is 8.03 Å². The molecule has 0 rings (SSSR count). The zero-order valence-corrected chi connectivity index (χ0v) is 7.21. The van der Waals surface area contributed by atoms with Gasteiger partial charge in [-0.05, 0) is 4.57 Å². The van der Waals surface area contributed by atoms with Gasteiger partial charge >= 0.3 is 8.03 Å². The summed E-state index contributed by atoms with van der Waals surface area (Å²) in [5.74, 6) is -2.15. The van der Waals surface area contributed by atoms with Crippen LogP contribution in [0, 0.1) is 0 Å². The van der Waals surface area contributed by atoms with Crippen LogP contribution in [-0.2, 0) is 14.2 Å². The second-order valence-corrected chi connectivity index (χ2v) is 3.18. The van der Waals surface area contributed by atoms with Gasteiger partial charge in [-0.25, -0.2) is 0 Å². The van der Waals surface area contributed by atoms with Gasteiger partial charge in [0.25, 0.3) is 0 Å². The lowest BCUT2D eigenvalue weighted by Crippen LogP contribution is -2.48. The molecule has 1 unspecified atom stereocenters. The van der Waals surface area contributed by atoms with Gasteiger partial charge in [-0.3, -0.25) is 4.79 Å². The summed E-state index contributed by atoms with van der Waals surface area (Å²) in [4.78, 5) is 28.9. The first-order chi connectivity index (χ1) is 5.43. The normalized spacial score (nSPS) is 13.3. The van der Waals surface area contributed by atoms with E-state index in [0.717, 1.165) is 6.92 Å². The SMILES string of the molecule is CC(=O)N[C@@H](C[P+](=O)O)C(=O)[O-]. The molecule has 0 spiro atoms. The van der Waals surface area contributed by atoms with Crippen molar-refractivity contribution >= 4 is 19.9 Å². The number of aliphatic carboxylic acids is 1. The van der Waals surface area contributed by atoms with Crippen LogP contribution in [0.25, 0.3) is 0 Å². The molecule has 0 aliphatic rings. The predicted octanol–water partition coefficient (Wildman–Crippen LogP) is -2.02. The minimum absolute atomic E-state index is 0.531. The molecule has 0 aromatic heterocycles. The molecule has 7 heteroatoms. The Bertz CT molecular complexity index is 200. The molecule has 0 bridgehead atoms. The molecular weight excluding hydrogens is 185 g/mol. The summed E-state index contributed by atoms with van der Waals surface area (Å²) < 4.78 is 10.2. The lowest BCUT2D eigenvalue weighted by atomic mass is 10.3. The van der Waals surface area contributed by atoms with E-state index in [1.165, 1.54) is 0 Å². The largest absolute Gasteiger partial charge is 0.548 e. The van der Waals surface area contributed by atoms with Crippen LogP contribution in [0.3, 0.4) is 0 Å². The van der Waals surface area contributed by atoms with Gasteiger partial charge in [-0.15, -0.1) is 0 Å². The summed E-state index contributed by atoms with van der Waals surface area (Å²) in [5, 5.41) is 12.2. The molecule has 0 aromatic carbocycles. The van der Waals surface area contributed by atoms with Gasteiger partial charge in [0.15, 0.2) is 0 Å². The van der Waals surface area contributed by atoms with Gasteiger partial charge in [-0.1, -0.05) is 0 Å². The third-order valence-electron chi connectivity index (χ3n) is 1.00. The molecule has 2 atom stereocenters. The van der Waals surface area contributed by atoms with Crippen LogP contribution in [0.5, 0.6) is 0 Å². The van der Waals surface area contributed by atoms with Gasteiger partial charge in [0.05, 0.1) is 5.97 Å². The molecule has 1 amide bonds. The number of carboxylic acids is 1. The highest BCUT2D eigenvalue weighted by molar-refractivity contribution is 7.38. The van der Waals surface area contributed by atoms with Crippen molar-refractivity contribution < 1.29 is 24.2 Å². The average molecular weight is 193 g/mol. The Kier molecular flexibility index (Phi) is 4.39. The number of carboxylic acid groups (broad SMARTS) is 1. The second kappa shape index (κ2) is 4.79. The Balaban J connectivity index is 4.14. The van der Waals surface area contributed by atoms with Crippen molar-refractivity contribution in [2.24, 2.45) is 0 Å². The number of nitrogens with one attached hydrogen (secondary N) is 1. The highest BCUT2D eigenvalue weighted by atomic mass is 31.1. The van der Waals surface area contributed by atoms with Gasteiger partial charge in [0.1, 0.15) is 6.04 Å². The molecule has 0 aromatic rings. The van der Waals surface area contributed by atoms with Gasteiger partial charge in [0, 0.05) is 6.92 Å². The molecule has 0 aliphatic carbocycles. The van der Waals surface area contributed by atoms with Gasteiger partial charge < -0.3 is 15.2 Å². The molecule has 0 saturated heterocycles. The van der Waals surface area contributed by atoms with Crippen molar-refractivity contribution in [1.29, 1.82) is 0 Å². The molecule has 2 N–H and O–H groups in total. The monoisotopic (exact) mass is 193 g/mol. The third-order valence-corrected chi connectivity index (χ3v) is 1.68. The van der Waals surface area contributed by atoms with Crippen LogP contribution in [0.4, 0.5) is 0 Å². The van der Waals surface area contributed by atoms with Gasteiger partial charge in [-0.2, -0.15) is 4.89 Å². The second-order valence-electron chi connectivity index (χ2n) is 2.11. The number of hydrogen-bond donors (Lipinski definition) is 2. The minimum atomic E-state index is -2.59. The van der Waals surface area contributed by atoms with E-state index in [0.29, 0.717) is 0 Å². The van der Waals surface area contributed by atoms with Crippen molar-refractivity contribution in [3.63, 3.8) is 0 Å². The highest BCUT2D eigenvalue weighted by Crippen LogP contribution is 2.13. The van der Waals surface area contributed by atoms with Gasteiger partial charge in [0.2, 0.25) is 12.1 Å². The zero-order chi connectivity index (χ0) is 9.72. The Hall–Kier alpha value is -1.00. The summed E-state index contributed by atoms with van der Waals surface area (Å²) in [6.45, 7) is 1.11. The van der Waals surface area contributed by atoms with E-state index < -0.39 is 32.1 Å². The van der Waals surface area contributed by atoms with E-state index in [9.17, 15) is 19.3 Å². The zero-order valence-electron chi connectivity index (χ0n) is 6.31. The minimum Gasteiger partial charge on any atom is -0.548 e. The predicted molar refractivity (Wildman–Crippen MR) is 37.3 cm³/mol. The van der Waals surface area contributed by atoms with E-state index >= 15 is 0 Å². The molecule has 0 saturated carbocycles. The Morgan fingerprint density at radius 3 is 2.42 bits per heavy atom. The highest BCUT2D eigenvalue weighted by Gasteiger charge is 2.22. The molecule has 0 radical (unpaired) electrons. The van der Waals surface area contributed by atoms with Crippen molar-refractivity contribution in [1.82, 2.24) is 5.32 Å². The maximum atomic E-state index is 10.4. The smallest absolute Gasteiger partial charge is 0.508 e. The molecule has 68 valence electrons. The Morgan fingerprint density at radius 1 is 1.67 bits per heavy atom. The van der Waals surface area contributed by atoms with Crippen molar-refractivity contribution in [2.45, 2.75) is 13.0 Å². The topological polar surface area (TPSA) is 107 Å². The summed E-state index contributed by atoms with van der Waals surface area (Å²) >= 11 is 0. The lowest BCUT2D eigenvalue weighted by molar-refractivity contribution is -0.307. The molecular formula is C5H8NO5P. The maximum Gasteiger partial charge on any atom is 0.508 e. The fraction of sp³-hybridized carbons (Fsp3) is 0.600. The molecule has 12 heavy (non-hydrogen) atoms. The van der Waals surface area contributed by atoms with E-state index in [4.69, 9.17) is 4.89 Å². The fourth-order valence-electron chi connectivity index (χ4n) is 0.581. The molecule has 0 aliphatic heterocycles. The number of carbonyl (C=O) groups excluding carboxylic acids is 2. The number of hydrogen-bond acceptors (Lipinski definition) is 4. The van der Waals surface area contributed by atoms with E-state index in [1.807, 2.05) is 5.32 Å². The van der Waals surface area contributed by atoms with Crippen molar-refractivity contribution in [3.8, 4) is 0 Å². The number of amides is 1. The first kappa shape index (κ1) is 11.0. The van der Waals surface area contributed by atoms with Crippen molar-refractivity contribution in [2.75, 3.05) is 6.16 Å². The average Bonchev–Trinajstić information content (AvgIpc) is 1.83. The van der Waals surface area contributed by atoms with Crippen LogP contribution in [0.15, 0.2) is 0 Å². The molecule has 0 fully saturated rings. The van der Waals surface area contributed by atoms with Crippen LogP contribution in [0.1, 0.15) is 6.92 Å².